The van der Waals surface area contributed by atoms with Crippen LogP contribution in [0.5, 0.6) is 0 Å². The Labute approximate surface area is 248 Å². The maximum atomic E-state index is 13.9. The van der Waals surface area contributed by atoms with Gasteiger partial charge in [0.25, 0.3) is 0 Å². The first-order chi connectivity index (χ1) is 19.9. The van der Waals surface area contributed by atoms with Gasteiger partial charge in [0, 0.05) is 0 Å². The van der Waals surface area contributed by atoms with Crippen molar-refractivity contribution in [3.63, 3.8) is 0 Å². The number of nitrogens with zero attached hydrogens (tertiary/aromatic N) is 3. The van der Waals surface area contributed by atoms with Crippen LogP contribution < -0.4 is 0 Å². The van der Waals surface area contributed by atoms with Crippen molar-refractivity contribution >= 4 is 41.3 Å². The minimum atomic E-state index is -5.09. The van der Waals surface area contributed by atoms with Crippen molar-refractivity contribution in [2.24, 2.45) is 0 Å². The molecule has 0 radical (unpaired) electrons. The molecule has 1 fully saturated rings. The van der Waals surface area contributed by atoms with Gasteiger partial charge in [-0.15, -0.1) is 0 Å². The number of aromatic nitrogens is 1. The molecule has 3 aromatic rings. The number of hydrogen-bond donors (Lipinski definition) is 1. The van der Waals surface area contributed by atoms with Crippen LogP contribution in [0.25, 0.3) is 10.9 Å². The summed E-state index contributed by atoms with van der Waals surface area (Å²) in [7, 11) is 0. The summed E-state index contributed by atoms with van der Waals surface area (Å²) >= 11 is -2.45. The summed E-state index contributed by atoms with van der Waals surface area (Å²) < 4.78 is 84.2. The third-order valence-electron chi connectivity index (χ3n) is 8.33. The Morgan fingerprint density at radius 2 is 1.58 bits per heavy atom. The van der Waals surface area contributed by atoms with Gasteiger partial charge in [-0.1, -0.05) is 0 Å². The molecule has 2 atom stereocenters. The number of hydrogen-bond acceptors (Lipinski definition) is 3. The Morgan fingerprint density at radius 3 is 2.16 bits per heavy atom. The van der Waals surface area contributed by atoms with Gasteiger partial charge in [0.05, 0.1) is 0 Å². The number of rotatable bonds is 4. The average Bonchev–Trinajstić information content (AvgIpc) is 3.29. The normalized spacial score (nSPS) is 20.2. The molecule has 5 rings (SSSR count). The van der Waals surface area contributed by atoms with E-state index in [1.54, 1.807) is 24.3 Å². The van der Waals surface area contributed by atoms with Gasteiger partial charge in [0.15, 0.2) is 0 Å². The van der Waals surface area contributed by atoms with Gasteiger partial charge in [-0.25, -0.2) is 0 Å². The van der Waals surface area contributed by atoms with Crippen LogP contribution in [-0.2, 0) is 18.8 Å². The van der Waals surface area contributed by atoms with E-state index in [1.807, 2.05) is 0 Å². The van der Waals surface area contributed by atoms with Crippen LogP contribution in [0.15, 0.2) is 58.3 Å². The standard InChI is InChI=1S/C27H22F6N3O3.3CH3.Sn/c28-26(29,30)18-9-16(10-19(12-18)27(31,32)33)24(37)35-15-20-5-3-4-8-34(20)14-21(35)11-17-13-36(25(38)39)23-7-2-1-6-22(17)23;;;;/h1-3,6-7,9-10,12-13,20-21H,5,8,11,14-15H2,(H,38,39);3*1H3;/t20-,21-;;;;/m1..../s1. The molecule has 0 aliphatic carbocycles. The number of carbonyl (C=O) groups excluding carboxylic acids is 1. The third kappa shape index (κ3) is 6.45. The van der Waals surface area contributed by atoms with Crippen LogP contribution in [0.3, 0.4) is 0 Å². The van der Waals surface area contributed by atoms with Crippen LogP contribution >= 0.6 is 0 Å². The third-order valence-corrected chi connectivity index (χ3v) is 14.9. The molecule has 0 spiro atoms. The van der Waals surface area contributed by atoms with Crippen molar-refractivity contribution in [2.45, 2.75) is 52.1 Å². The fraction of sp³-hybridized carbons (Fsp3) is 0.400. The summed E-state index contributed by atoms with van der Waals surface area (Å²) in [4.78, 5) is 36.3. The zero-order chi connectivity index (χ0) is 31.5. The summed E-state index contributed by atoms with van der Waals surface area (Å²) in [6.45, 7) is 1.15. The Bertz CT molecular complexity index is 1570. The molecule has 1 saturated heterocycles. The minimum absolute atomic E-state index is 0.0127. The summed E-state index contributed by atoms with van der Waals surface area (Å²) in [5.41, 5.74) is -2.73. The van der Waals surface area contributed by atoms with Crippen molar-refractivity contribution in [3.05, 3.63) is 80.6 Å². The van der Waals surface area contributed by atoms with Crippen molar-refractivity contribution < 1.29 is 41.0 Å². The molecule has 0 saturated carbocycles. The SMILES string of the molecule is [CH3][Sn]([CH3])([CH3])[C]1=CC[C@@H]2CN(C(=O)c3cc(C(F)(F)F)cc(C(F)(F)F)c3)[C@H](Cc3cn(C(=O)O)c4ccccc34)CN2C1. The molecule has 0 unspecified atom stereocenters. The predicted molar refractivity (Wildman–Crippen MR) is 152 cm³/mol. The number of alkyl halides is 6. The number of piperazine rings is 1. The van der Waals surface area contributed by atoms with Gasteiger partial charge >= 0.3 is 249 Å². The molecule has 13 heteroatoms. The van der Waals surface area contributed by atoms with Crippen molar-refractivity contribution in [1.82, 2.24) is 14.4 Å². The average molecular weight is 714 g/mol. The summed E-state index contributed by atoms with van der Waals surface area (Å²) in [5, 5.41) is 10.4. The Balaban J connectivity index is 1.57. The van der Waals surface area contributed by atoms with E-state index in [2.05, 4.69) is 25.8 Å². The Morgan fingerprint density at radius 1 is 0.953 bits per heavy atom. The number of amides is 1. The fourth-order valence-electron chi connectivity index (χ4n) is 6.02. The Hall–Kier alpha value is -3.00. The van der Waals surface area contributed by atoms with Gasteiger partial charge in [0.2, 0.25) is 0 Å². The molecule has 1 amide bonds. The van der Waals surface area contributed by atoms with Gasteiger partial charge in [0.1, 0.15) is 0 Å². The van der Waals surface area contributed by atoms with Crippen molar-refractivity contribution in [1.29, 1.82) is 0 Å². The first-order valence-corrected chi connectivity index (χ1v) is 23.8. The van der Waals surface area contributed by atoms with Crippen LogP contribution in [0.4, 0.5) is 31.1 Å². The quantitative estimate of drug-likeness (QED) is 0.231. The fourth-order valence-corrected chi connectivity index (χ4v) is 10.0. The molecule has 230 valence electrons. The number of fused-ring (bicyclic) bond motifs is 2. The molecular weight excluding hydrogens is 683 g/mol. The summed E-state index contributed by atoms with van der Waals surface area (Å²) in [6, 6.07) is 7.02. The molecule has 1 aromatic heterocycles. The topological polar surface area (TPSA) is 65.8 Å². The van der Waals surface area contributed by atoms with Gasteiger partial charge < -0.3 is 0 Å². The van der Waals surface area contributed by atoms with E-state index >= 15 is 0 Å². The molecule has 6 nitrogen and oxygen atoms in total. The van der Waals surface area contributed by atoms with Crippen LogP contribution in [0.2, 0.25) is 14.8 Å². The van der Waals surface area contributed by atoms with Crippen molar-refractivity contribution in [3.8, 4) is 0 Å². The summed E-state index contributed by atoms with van der Waals surface area (Å²) in [6.07, 6.45) is -6.94. The monoisotopic (exact) mass is 715 g/mol. The van der Waals surface area contributed by atoms with Gasteiger partial charge in [-0.2, -0.15) is 0 Å². The summed E-state index contributed by atoms with van der Waals surface area (Å²) in [5.74, 6) is -0.923. The van der Waals surface area contributed by atoms with Crippen LogP contribution in [-0.4, -0.2) is 81.6 Å². The second kappa shape index (κ2) is 11.2. The first kappa shape index (κ1) is 31.4. The zero-order valence-corrected chi connectivity index (χ0v) is 26.6. The molecule has 1 N–H and O–H groups in total. The molecule has 0 bridgehead atoms. The number of carbonyl (C=O) groups is 2. The first-order valence-electron chi connectivity index (χ1n) is 13.8. The number of benzene rings is 2. The molecule has 2 aromatic carbocycles. The van der Waals surface area contributed by atoms with E-state index in [9.17, 15) is 41.0 Å². The zero-order valence-electron chi connectivity index (χ0n) is 23.8. The predicted octanol–water partition coefficient (Wildman–Crippen LogP) is 7.15. The van der Waals surface area contributed by atoms with Crippen LogP contribution in [0.1, 0.15) is 33.5 Å². The van der Waals surface area contributed by atoms with Crippen molar-refractivity contribution in [2.75, 3.05) is 19.6 Å². The molecule has 43 heavy (non-hydrogen) atoms. The number of para-hydroxylation sites is 1. The number of carboxylic acid groups (broad SMARTS) is 1. The molecular formula is C30H31F6N3O3Sn. The second-order valence-electron chi connectivity index (χ2n) is 12.2. The molecule has 2 aliphatic rings. The number of halogens is 6. The second-order valence-corrected chi connectivity index (χ2v) is 26.9. The van der Waals surface area contributed by atoms with Gasteiger partial charge in [-0.3, -0.25) is 0 Å². The van der Waals surface area contributed by atoms with E-state index in [0.29, 0.717) is 48.1 Å². The van der Waals surface area contributed by atoms with E-state index in [4.69, 9.17) is 0 Å². The molecule has 2 aliphatic heterocycles. The van der Waals surface area contributed by atoms with E-state index < -0.39 is 65.5 Å². The van der Waals surface area contributed by atoms with E-state index in [0.717, 1.165) is 4.57 Å². The van der Waals surface area contributed by atoms with Crippen LogP contribution in [0, 0.1) is 0 Å². The maximum absolute atomic E-state index is 13.9. The van der Waals surface area contributed by atoms with E-state index in [1.165, 1.54) is 14.7 Å². The Kier molecular flexibility index (Phi) is 8.16. The van der Waals surface area contributed by atoms with Gasteiger partial charge in [-0.05, 0) is 0 Å². The molecule has 3 heterocycles. The van der Waals surface area contributed by atoms with E-state index in [-0.39, 0.29) is 25.1 Å².